The van der Waals surface area contributed by atoms with Crippen LogP contribution in [0.3, 0.4) is 0 Å². The molecule has 8 heteroatoms. The van der Waals surface area contributed by atoms with Crippen LogP contribution in [0.4, 0.5) is 8.78 Å². The molecule has 2 heterocycles. The number of pyridine rings is 1. The van der Waals surface area contributed by atoms with Crippen LogP contribution in [0, 0.1) is 17.6 Å². The van der Waals surface area contributed by atoms with Crippen LogP contribution in [-0.4, -0.2) is 22.0 Å². The van der Waals surface area contributed by atoms with Crippen molar-refractivity contribution in [1.82, 2.24) is 9.38 Å². The first-order valence-corrected chi connectivity index (χ1v) is 10.9. The third-order valence-corrected chi connectivity index (χ3v) is 6.06. The molecule has 0 spiro atoms. The molecule has 6 nitrogen and oxygen atoms in total. The minimum absolute atomic E-state index is 0.0125. The third-order valence-electron chi connectivity index (χ3n) is 6.06. The molecule has 0 saturated heterocycles. The second-order valence-corrected chi connectivity index (χ2v) is 8.16. The molecule has 4 rings (SSSR count). The molecule has 0 fully saturated rings. The Hall–Kier alpha value is -3.68. The number of rotatable bonds is 5. The molecule has 0 saturated carbocycles. The number of hydrogen-bond acceptors (Lipinski definition) is 5. The summed E-state index contributed by atoms with van der Waals surface area (Å²) < 4.78 is 35.4. The second kappa shape index (κ2) is 9.05. The van der Waals surface area contributed by atoms with Gasteiger partial charge in [-0.2, -0.15) is 0 Å². The van der Waals surface area contributed by atoms with E-state index in [9.17, 15) is 13.6 Å². The molecular weight excluding hydrogens is 426 g/mol. The zero-order valence-electron chi connectivity index (χ0n) is 18.5. The Morgan fingerprint density at radius 1 is 1.21 bits per heavy atom. The molecule has 33 heavy (non-hydrogen) atoms. The van der Waals surface area contributed by atoms with E-state index in [1.165, 1.54) is 18.2 Å². The SMILES string of the molecule is CCOC(=O)c1cn2c(C3CCC(C)C(/C=C(\N)c4c(F)cccc4F)=C3N)cccc2n1. The first kappa shape index (κ1) is 22.5. The van der Waals surface area contributed by atoms with Gasteiger partial charge in [-0.05, 0) is 61.6 Å². The summed E-state index contributed by atoms with van der Waals surface area (Å²) in [5, 5.41) is 0. The summed E-state index contributed by atoms with van der Waals surface area (Å²) in [5.41, 5.74) is 15.5. The largest absolute Gasteiger partial charge is 0.461 e. The molecule has 0 bridgehead atoms. The van der Waals surface area contributed by atoms with Crippen molar-refractivity contribution in [1.29, 1.82) is 0 Å². The number of nitrogens with two attached hydrogens (primary N) is 2. The van der Waals surface area contributed by atoms with Gasteiger partial charge in [0.25, 0.3) is 0 Å². The maximum Gasteiger partial charge on any atom is 0.358 e. The van der Waals surface area contributed by atoms with E-state index in [1.54, 1.807) is 25.3 Å². The summed E-state index contributed by atoms with van der Waals surface area (Å²) in [7, 11) is 0. The Kier molecular flexibility index (Phi) is 6.18. The molecular formula is C25H26F2N4O2. The minimum atomic E-state index is -0.724. The van der Waals surface area contributed by atoms with Gasteiger partial charge in [-0.3, -0.25) is 0 Å². The molecule has 2 unspecified atom stereocenters. The molecule has 2 aromatic heterocycles. The standard InChI is InChI=1S/C25H26F2N4O2/c1-3-33-25(32)20-13-31-21(8-5-9-22(31)30-20)15-11-10-14(2)16(24(15)29)12-19(28)23-17(26)6-4-7-18(23)27/h4-9,12-15H,3,10-11,28-29H2,1-2H3/b19-12-. The van der Waals surface area contributed by atoms with E-state index < -0.39 is 17.6 Å². The average Bonchev–Trinajstić information content (AvgIpc) is 3.22. The van der Waals surface area contributed by atoms with Crippen molar-refractivity contribution in [3.63, 3.8) is 0 Å². The summed E-state index contributed by atoms with van der Waals surface area (Å²) in [5.74, 6) is -2.06. The fraction of sp³-hybridized carbons (Fsp3) is 0.280. The highest BCUT2D eigenvalue weighted by molar-refractivity contribution is 5.88. The van der Waals surface area contributed by atoms with Crippen molar-refractivity contribution < 1.29 is 18.3 Å². The lowest BCUT2D eigenvalue weighted by Crippen LogP contribution is -2.23. The van der Waals surface area contributed by atoms with Gasteiger partial charge >= 0.3 is 5.97 Å². The minimum Gasteiger partial charge on any atom is -0.461 e. The molecule has 0 amide bonds. The molecule has 3 aromatic rings. The van der Waals surface area contributed by atoms with E-state index in [0.717, 1.165) is 24.1 Å². The van der Waals surface area contributed by atoms with Gasteiger partial charge in [-0.25, -0.2) is 18.6 Å². The van der Waals surface area contributed by atoms with Gasteiger partial charge in [0, 0.05) is 29.2 Å². The Bertz CT molecular complexity index is 1260. The zero-order chi connectivity index (χ0) is 23.7. The highest BCUT2D eigenvalue weighted by Gasteiger charge is 2.28. The maximum atomic E-state index is 14.2. The van der Waals surface area contributed by atoms with E-state index in [2.05, 4.69) is 4.98 Å². The molecule has 0 radical (unpaired) electrons. The number of aromatic nitrogens is 2. The highest BCUT2D eigenvalue weighted by atomic mass is 19.1. The van der Waals surface area contributed by atoms with E-state index in [0.29, 0.717) is 11.3 Å². The second-order valence-electron chi connectivity index (χ2n) is 8.16. The number of nitrogens with zero attached hydrogens (tertiary/aromatic N) is 2. The first-order valence-electron chi connectivity index (χ1n) is 10.9. The predicted octanol–water partition coefficient (Wildman–Crippen LogP) is 4.52. The van der Waals surface area contributed by atoms with Crippen molar-refractivity contribution in [2.24, 2.45) is 17.4 Å². The summed E-state index contributed by atoms with van der Waals surface area (Å²) in [4.78, 5) is 16.5. The average molecular weight is 453 g/mol. The smallest absolute Gasteiger partial charge is 0.358 e. The first-order chi connectivity index (χ1) is 15.8. The Labute approximate surface area is 190 Å². The van der Waals surface area contributed by atoms with Gasteiger partial charge in [-0.15, -0.1) is 0 Å². The monoisotopic (exact) mass is 452 g/mol. The third kappa shape index (κ3) is 4.20. The molecule has 0 aliphatic heterocycles. The van der Waals surface area contributed by atoms with Gasteiger partial charge in [0.05, 0.1) is 12.2 Å². The Balaban J connectivity index is 1.78. The summed E-state index contributed by atoms with van der Waals surface area (Å²) in [6, 6.07) is 9.23. The number of esters is 1. The van der Waals surface area contributed by atoms with Crippen LogP contribution in [0.25, 0.3) is 11.3 Å². The fourth-order valence-electron chi connectivity index (χ4n) is 4.38. The number of ether oxygens (including phenoxy) is 1. The van der Waals surface area contributed by atoms with Crippen molar-refractivity contribution in [2.45, 2.75) is 32.6 Å². The zero-order valence-corrected chi connectivity index (χ0v) is 18.5. The van der Waals surface area contributed by atoms with Gasteiger partial charge in [0.1, 0.15) is 17.3 Å². The van der Waals surface area contributed by atoms with E-state index in [4.69, 9.17) is 16.2 Å². The van der Waals surface area contributed by atoms with Crippen LogP contribution in [0.1, 0.15) is 54.4 Å². The fourth-order valence-corrected chi connectivity index (χ4v) is 4.38. The maximum absolute atomic E-state index is 14.2. The summed E-state index contributed by atoms with van der Waals surface area (Å²) in [6.45, 7) is 4.01. The van der Waals surface area contributed by atoms with Crippen molar-refractivity contribution in [3.8, 4) is 0 Å². The normalized spacial score (nSPS) is 19.2. The molecule has 1 aromatic carbocycles. The number of allylic oxidation sites excluding steroid dienone is 3. The van der Waals surface area contributed by atoms with Gasteiger partial charge in [-0.1, -0.05) is 19.1 Å². The lowest BCUT2D eigenvalue weighted by Gasteiger charge is -2.30. The highest BCUT2D eigenvalue weighted by Crippen LogP contribution is 2.39. The number of halogens is 2. The summed E-state index contributed by atoms with van der Waals surface area (Å²) >= 11 is 0. The predicted molar refractivity (Wildman–Crippen MR) is 122 cm³/mol. The Morgan fingerprint density at radius 2 is 1.91 bits per heavy atom. The van der Waals surface area contributed by atoms with Gasteiger partial charge in [0.15, 0.2) is 5.69 Å². The van der Waals surface area contributed by atoms with Crippen molar-refractivity contribution >= 4 is 17.3 Å². The number of hydrogen-bond donors (Lipinski definition) is 2. The van der Waals surface area contributed by atoms with E-state index in [-0.39, 0.29) is 35.4 Å². The topological polar surface area (TPSA) is 95.6 Å². The quantitative estimate of drug-likeness (QED) is 0.555. The van der Waals surface area contributed by atoms with Crippen molar-refractivity contribution in [3.05, 3.63) is 88.5 Å². The lowest BCUT2D eigenvalue weighted by atomic mass is 9.78. The van der Waals surface area contributed by atoms with E-state index >= 15 is 0 Å². The van der Waals surface area contributed by atoms with Crippen LogP contribution >= 0.6 is 0 Å². The molecule has 1 aliphatic carbocycles. The van der Waals surface area contributed by atoms with Crippen LogP contribution in [-0.2, 0) is 4.74 Å². The van der Waals surface area contributed by atoms with Crippen LogP contribution in [0.5, 0.6) is 0 Å². The van der Waals surface area contributed by atoms with Crippen LogP contribution < -0.4 is 11.5 Å². The number of carbonyl (C=O) groups excluding carboxylic acids is 1. The van der Waals surface area contributed by atoms with Crippen LogP contribution in [0.15, 0.2) is 59.9 Å². The van der Waals surface area contributed by atoms with Gasteiger partial charge in [0.2, 0.25) is 0 Å². The molecule has 172 valence electrons. The number of benzene rings is 1. The van der Waals surface area contributed by atoms with Crippen molar-refractivity contribution in [2.75, 3.05) is 6.61 Å². The number of imidazole rings is 1. The molecule has 4 N–H and O–H groups in total. The molecule has 1 aliphatic rings. The molecule has 2 atom stereocenters. The van der Waals surface area contributed by atoms with Crippen LogP contribution in [0.2, 0.25) is 0 Å². The lowest BCUT2D eigenvalue weighted by molar-refractivity contribution is 0.0520. The Morgan fingerprint density at radius 3 is 2.61 bits per heavy atom. The number of fused-ring (bicyclic) bond motifs is 1. The van der Waals surface area contributed by atoms with Gasteiger partial charge < -0.3 is 20.6 Å². The summed E-state index contributed by atoms with van der Waals surface area (Å²) in [6.07, 6.45) is 4.79. The van der Waals surface area contributed by atoms with E-state index in [1.807, 2.05) is 23.5 Å². The number of carbonyl (C=O) groups is 1.